The van der Waals surface area contributed by atoms with Gasteiger partial charge in [0, 0.05) is 19.0 Å². The molecule has 0 saturated carbocycles. The molecule has 184 valence electrons. The van der Waals surface area contributed by atoms with Crippen molar-refractivity contribution >= 4 is 58.2 Å². The van der Waals surface area contributed by atoms with E-state index in [9.17, 15) is 9.59 Å². The van der Waals surface area contributed by atoms with Crippen LogP contribution in [0.3, 0.4) is 0 Å². The molecule has 3 aromatic rings. The summed E-state index contributed by atoms with van der Waals surface area (Å²) in [6.45, 7) is 3.96. The van der Waals surface area contributed by atoms with Gasteiger partial charge >= 0.3 is 0 Å². The third kappa shape index (κ3) is 7.88. The van der Waals surface area contributed by atoms with Crippen LogP contribution in [-0.4, -0.2) is 28.8 Å². The highest BCUT2D eigenvalue weighted by Gasteiger charge is 2.31. The molecule has 3 rings (SSSR count). The van der Waals surface area contributed by atoms with Crippen molar-refractivity contribution in [2.75, 3.05) is 0 Å². The molecule has 0 bridgehead atoms. The summed E-state index contributed by atoms with van der Waals surface area (Å²) in [7, 11) is 0. The van der Waals surface area contributed by atoms with Crippen LogP contribution >= 0.6 is 46.4 Å². The number of benzene rings is 3. The number of carbonyl (C=O) groups is 2. The quantitative estimate of drug-likeness (QED) is 0.311. The number of rotatable bonds is 9. The molecule has 1 atom stereocenters. The fraction of sp³-hybridized carbons (Fsp3) is 0.259. The molecule has 0 aliphatic heterocycles. The molecule has 3 aromatic carbocycles. The van der Waals surface area contributed by atoms with E-state index in [2.05, 4.69) is 5.32 Å². The fourth-order valence-electron chi connectivity index (χ4n) is 3.70. The molecule has 0 radical (unpaired) electrons. The maximum Gasteiger partial charge on any atom is 0.243 e. The molecular formula is C27H26Cl4N2O2. The van der Waals surface area contributed by atoms with Gasteiger partial charge in [-0.25, -0.2) is 0 Å². The van der Waals surface area contributed by atoms with Gasteiger partial charge in [-0.3, -0.25) is 9.59 Å². The van der Waals surface area contributed by atoms with E-state index < -0.39 is 6.04 Å². The van der Waals surface area contributed by atoms with Gasteiger partial charge in [-0.1, -0.05) is 88.9 Å². The van der Waals surface area contributed by atoms with Crippen LogP contribution in [0.2, 0.25) is 20.1 Å². The lowest BCUT2D eigenvalue weighted by atomic mass is 10.0. The lowest BCUT2D eigenvalue weighted by Gasteiger charge is -2.32. The van der Waals surface area contributed by atoms with Crippen molar-refractivity contribution in [3.05, 3.63) is 104 Å². The Morgan fingerprint density at radius 1 is 0.771 bits per heavy atom. The Morgan fingerprint density at radius 2 is 1.34 bits per heavy atom. The molecule has 0 aliphatic rings. The first-order valence-electron chi connectivity index (χ1n) is 11.2. The summed E-state index contributed by atoms with van der Waals surface area (Å²) in [5.41, 5.74) is 2.40. The van der Waals surface area contributed by atoms with Crippen LogP contribution in [0.15, 0.2) is 66.7 Å². The van der Waals surface area contributed by atoms with Crippen LogP contribution in [0.25, 0.3) is 0 Å². The predicted molar refractivity (Wildman–Crippen MR) is 144 cm³/mol. The minimum Gasteiger partial charge on any atom is -0.352 e. The molecule has 2 amide bonds. The number of hydrogen-bond donors (Lipinski definition) is 1. The summed E-state index contributed by atoms with van der Waals surface area (Å²) in [6, 6.07) is 19.1. The van der Waals surface area contributed by atoms with Crippen LogP contribution in [0, 0.1) is 0 Å². The van der Waals surface area contributed by atoms with Crippen molar-refractivity contribution in [3.63, 3.8) is 0 Å². The average Bonchev–Trinajstić information content (AvgIpc) is 2.81. The minimum atomic E-state index is -0.746. The smallest absolute Gasteiger partial charge is 0.243 e. The van der Waals surface area contributed by atoms with Crippen molar-refractivity contribution in [1.29, 1.82) is 0 Å². The Bertz CT molecular complexity index is 1190. The van der Waals surface area contributed by atoms with Crippen LogP contribution in [0.5, 0.6) is 0 Å². The molecule has 0 fully saturated rings. The van der Waals surface area contributed by atoms with Gasteiger partial charge in [0.1, 0.15) is 6.04 Å². The SMILES string of the molecule is CC(C)NC(=O)[C@H](Cc1ccccc1)N(Cc1ccc(Cl)c(Cl)c1)C(=O)Cc1ccc(Cl)c(Cl)c1. The van der Waals surface area contributed by atoms with Crippen molar-refractivity contribution < 1.29 is 9.59 Å². The molecule has 0 saturated heterocycles. The fourth-order valence-corrected chi connectivity index (χ4v) is 4.34. The molecule has 8 heteroatoms. The Hall–Kier alpha value is -2.24. The average molecular weight is 552 g/mol. The van der Waals surface area contributed by atoms with Gasteiger partial charge in [0.25, 0.3) is 0 Å². The monoisotopic (exact) mass is 550 g/mol. The minimum absolute atomic E-state index is 0.0540. The maximum absolute atomic E-state index is 13.7. The number of amides is 2. The van der Waals surface area contributed by atoms with E-state index >= 15 is 0 Å². The molecule has 0 aromatic heterocycles. The van der Waals surface area contributed by atoms with E-state index in [0.717, 1.165) is 11.1 Å². The largest absolute Gasteiger partial charge is 0.352 e. The van der Waals surface area contributed by atoms with Crippen LogP contribution < -0.4 is 5.32 Å². The number of halogens is 4. The Kier molecular flexibility index (Phi) is 9.88. The standard InChI is InChI=1S/C27H26Cl4N2O2/c1-17(2)32-27(35)25(14-18-6-4-3-5-7-18)33(16-20-9-11-22(29)24(31)13-20)26(34)15-19-8-10-21(28)23(30)12-19/h3-13,17,25H,14-16H2,1-2H3,(H,32,35)/t25-/m0/s1. The van der Waals surface area contributed by atoms with Crippen molar-refractivity contribution in [1.82, 2.24) is 10.2 Å². The first-order valence-corrected chi connectivity index (χ1v) is 12.7. The Balaban J connectivity index is 1.99. The van der Waals surface area contributed by atoms with Crippen LogP contribution in [0.4, 0.5) is 0 Å². The summed E-state index contributed by atoms with van der Waals surface area (Å²) >= 11 is 24.5. The number of nitrogens with one attached hydrogen (secondary N) is 1. The summed E-state index contributed by atoms with van der Waals surface area (Å²) in [5.74, 6) is -0.458. The first-order chi connectivity index (χ1) is 16.6. The highest BCUT2D eigenvalue weighted by Crippen LogP contribution is 2.26. The lowest BCUT2D eigenvalue weighted by Crippen LogP contribution is -2.52. The topological polar surface area (TPSA) is 49.4 Å². The number of hydrogen-bond acceptors (Lipinski definition) is 2. The molecule has 1 N–H and O–H groups in total. The van der Waals surface area contributed by atoms with E-state index in [4.69, 9.17) is 46.4 Å². The van der Waals surface area contributed by atoms with E-state index in [0.29, 0.717) is 32.1 Å². The Labute approximate surface area is 226 Å². The van der Waals surface area contributed by atoms with Gasteiger partial charge in [0.05, 0.1) is 26.5 Å². The highest BCUT2D eigenvalue weighted by atomic mass is 35.5. The predicted octanol–water partition coefficient (Wildman–Crippen LogP) is 7.01. The number of nitrogens with zero attached hydrogens (tertiary/aromatic N) is 1. The molecule has 0 heterocycles. The van der Waals surface area contributed by atoms with Gasteiger partial charge in [-0.05, 0) is 54.8 Å². The van der Waals surface area contributed by atoms with Crippen molar-refractivity contribution in [2.45, 2.75) is 45.3 Å². The zero-order chi connectivity index (χ0) is 25.5. The molecular weight excluding hydrogens is 526 g/mol. The van der Waals surface area contributed by atoms with E-state index in [1.165, 1.54) is 0 Å². The van der Waals surface area contributed by atoms with E-state index in [1.807, 2.05) is 44.2 Å². The first kappa shape index (κ1) is 27.3. The third-order valence-electron chi connectivity index (χ3n) is 5.38. The summed E-state index contributed by atoms with van der Waals surface area (Å²) in [4.78, 5) is 28.7. The molecule has 35 heavy (non-hydrogen) atoms. The molecule has 0 aliphatic carbocycles. The van der Waals surface area contributed by atoms with Gasteiger partial charge in [0.15, 0.2) is 0 Å². The normalized spacial score (nSPS) is 11.9. The second-order valence-electron chi connectivity index (χ2n) is 8.56. The summed E-state index contributed by atoms with van der Waals surface area (Å²) in [5, 5.41) is 4.55. The highest BCUT2D eigenvalue weighted by molar-refractivity contribution is 6.42. The zero-order valence-corrected chi connectivity index (χ0v) is 22.4. The molecule has 0 unspecified atom stereocenters. The third-order valence-corrected chi connectivity index (χ3v) is 6.86. The molecule has 4 nitrogen and oxygen atoms in total. The van der Waals surface area contributed by atoms with Crippen LogP contribution in [0.1, 0.15) is 30.5 Å². The van der Waals surface area contributed by atoms with Gasteiger partial charge in [-0.2, -0.15) is 0 Å². The van der Waals surface area contributed by atoms with E-state index in [1.54, 1.807) is 41.3 Å². The second kappa shape index (κ2) is 12.6. The van der Waals surface area contributed by atoms with Gasteiger partial charge in [0.2, 0.25) is 11.8 Å². The summed E-state index contributed by atoms with van der Waals surface area (Å²) < 4.78 is 0. The van der Waals surface area contributed by atoms with E-state index in [-0.39, 0.29) is 30.8 Å². The second-order valence-corrected chi connectivity index (χ2v) is 10.2. The van der Waals surface area contributed by atoms with Crippen LogP contribution in [-0.2, 0) is 29.0 Å². The lowest BCUT2D eigenvalue weighted by molar-refractivity contribution is -0.141. The molecule has 0 spiro atoms. The Morgan fingerprint density at radius 3 is 1.91 bits per heavy atom. The van der Waals surface area contributed by atoms with Crippen molar-refractivity contribution in [2.24, 2.45) is 0 Å². The number of carbonyl (C=O) groups excluding carboxylic acids is 2. The maximum atomic E-state index is 13.7. The van der Waals surface area contributed by atoms with Gasteiger partial charge in [-0.15, -0.1) is 0 Å². The summed E-state index contributed by atoms with van der Waals surface area (Å²) in [6.07, 6.45) is 0.409. The van der Waals surface area contributed by atoms with Crippen molar-refractivity contribution in [3.8, 4) is 0 Å². The van der Waals surface area contributed by atoms with Gasteiger partial charge < -0.3 is 10.2 Å². The zero-order valence-electron chi connectivity index (χ0n) is 19.4.